The van der Waals surface area contributed by atoms with Gasteiger partial charge in [-0.15, -0.1) is 0 Å². The Kier molecular flexibility index (Phi) is 7.71. The number of carbonyl (C=O) groups is 2. The Balaban J connectivity index is 2.33. The third kappa shape index (κ3) is 6.37. The molecule has 0 bridgehead atoms. The van der Waals surface area contributed by atoms with Gasteiger partial charge in [0.2, 0.25) is 5.91 Å². The summed E-state index contributed by atoms with van der Waals surface area (Å²) in [6.45, 7) is 10.6. The number of rotatable bonds is 8. The van der Waals surface area contributed by atoms with E-state index in [2.05, 4.69) is 12.2 Å². The highest BCUT2D eigenvalue weighted by atomic mass is 16.3. The van der Waals surface area contributed by atoms with Crippen LogP contribution in [0.15, 0.2) is 41.0 Å². The standard InChI is InChI=1S/C24H35N3O3/c1-8-17(2)27(23(29)21-10-9-13-30-21)16-18-14-19(11-12-20(18)26(6)7)25-22(28)15-24(3,4)5/h9-14,17H,8,15-16H2,1-7H3,(H,25,28)/t17-/m1/s1. The van der Waals surface area contributed by atoms with Crippen molar-refractivity contribution in [1.29, 1.82) is 0 Å². The zero-order chi connectivity index (χ0) is 22.5. The fourth-order valence-electron chi connectivity index (χ4n) is 3.29. The minimum Gasteiger partial charge on any atom is -0.459 e. The maximum absolute atomic E-state index is 13.1. The highest BCUT2D eigenvalue weighted by Gasteiger charge is 2.24. The molecule has 1 N–H and O–H groups in total. The zero-order valence-electron chi connectivity index (χ0n) is 19.3. The smallest absolute Gasteiger partial charge is 0.290 e. The third-order valence-corrected chi connectivity index (χ3v) is 4.99. The monoisotopic (exact) mass is 413 g/mol. The van der Waals surface area contributed by atoms with E-state index in [0.717, 1.165) is 23.4 Å². The van der Waals surface area contributed by atoms with Crippen LogP contribution >= 0.6 is 0 Å². The summed E-state index contributed by atoms with van der Waals surface area (Å²) >= 11 is 0. The average Bonchev–Trinajstić information content (AvgIpc) is 3.18. The summed E-state index contributed by atoms with van der Waals surface area (Å²) in [5.74, 6) is 0.175. The first-order chi connectivity index (χ1) is 14.0. The molecular weight excluding hydrogens is 378 g/mol. The van der Waals surface area contributed by atoms with Crippen LogP contribution in [0.25, 0.3) is 0 Å². The minimum absolute atomic E-state index is 0.0171. The average molecular weight is 414 g/mol. The van der Waals surface area contributed by atoms with Crippen LogP contribution in [-0.2, 0) is 11.3 Å². The summed E-state index contributed by atoms with van der Waals surface area (Å²) in [6, 6.07) is 9.29. The number of nitrogens with one attached hydrogen (secondary N) is 1. The van der Waals surface area contributed by atoms with E-state index < -0.39 is 0 Å². The van der Waals surface area contributed by atoms with Crippen LogP contribution in [0, 0.1) is 5.41 Å². The van der Waals surface area contributed by atoms with Crippen molar-refractivity contribution < 1.29 is 14.0 Å². The van der Waals surface area contributed by atoms with Crippen molar-refractivity contribution in [1.82, 2.24) is 4.90 Å². The fraction of sp³-hybridized carbons (Fsp3) is 0.500. The van der Waals surface area contributed by atoms with Gasteiger partial charge in [0.1, 0.15) is 0 Å². The van der Waals surface area contributed by atoms with Gasteiger partial charge in [-0.3, -0.25) is 9.59 Å². The van der Waals surface area contributed by atoms with E-state index in [-0.39, 0.29) is 23.3 Å². The maximum atomic E-state index is 13.1. The number of carbonyl (C=O) groups excluding carboxylic acids is 2. The van der Waals surface area contributed by atoms with Gasteiger partial charge in [-0.05, 0) is 54.7 Å². The lowest BCUT2D eigenvalue weighted by molar-refractivity contribution is -0.117. The van der Waals surface area contributed by atoms with Gasteiger partial charge in [0, 0.05) is 44.5 Å². The summed E-state index contributed by atoms with van der Waals surface area (Å²) in [6.07, 6.45) is 2.78. The molecule has 0 radical (unpaired) electrons. The number of benzene rings is 1. The molecule has 2 aromatic rings. The van der Waals surface area contributed by atoms with Crippen LogP contribution in [0.2, 0.25) is 0 Å². The number of hydrogen-bond donors (Lipinski definition) is 1. The Morgan fingerprint density at radius 3 is 2.40 bits per heavy atom. The number of anilines is 2. The van der Waals surface area contributed by atoms with Gasteiger partial charge in [0.25, 0.3) is 5.91 Å². The predicted molar refractivity (Wildman–Crippen MR) is 122 cm³/mol. The molecule has 2 rings (SSSR count). The lowest BCUT2D eigenvalue weighted by Crippen LogP contribution is -2.38. The van der Waals surface area contributed by atoms with E-state index in [0.29, 0.717) is 18.7 Å². The van der Waals surface area contributed by atoms with Crippen LogP contribution in [0.1, 0.15) is 63.6 Å². The number of hydrogen-bond acceptors (Lipinski definition) is 4. The second-order valence-electron chi connectivity index (χ2n) is 9.19. The van der Waals surface area contributed by atoms with Crippen LogP contribution in [-0.4, -0.2) is 36.9 Å². The first-order valence-corrected chi connectivity index (χ1v) is 10.5. The van der Waals surface area contributed by atoms with E-state index in [1.54, 1.807) is 12.1 Å². The Labute approximate surface area is 180 Å². The first-order valence-electron chi connectivity index (χ1n) is 10.5. The molecule has 0 unspecified atom stereocenters. The molecule has 0 fully saturated rings. The minimum atomic E-state index is -0.138. The van der Waals surface area contributed by atoms with E-state index >= 15 is 0 Å². The normalized spacial score (nSPS) is 12.4. The van der Waals surface area contributed by atoms with E-state index in [9.17, 15) is 9.59 Å². The van der Waals surface area contributed by atoms with Gasteiger partial charge in [-0.2, -0.15) is 0 Å². The van der Waals surface area contributed by atoms with Crippen molar-refractivity contribution >= 4 is 23.2 Å². The molecule has 0 aliphatic carbocycles. The Hall–Kier alpha value is -2.76. The summed E-state index contributed by atoms with van der Waals surface area (Å²) in [5.41, 5.74) is 2.62. The van der Waals surface area contributed by atoms with Gasteiger partial charge in [-0.1, -0.05) is 27.7 Å². The van der Waals surface area contributed by atoms with Gasteiger partial charge in [0.15, 0.2) is 5.76 Å². The third-order valence-electron chi connectivity index (χ3n) is 4.99. The molecule has 0 saturated heterocycles. The SMILES string of the molecule is CC[C@@H](C)N(Cc1cc(NC(=O)CC(C)(C)C)ccc1N(C)C)C(=O)c1ccco1. The quantitative estimate of drug-likeness (QED) is 0.649. The molecule has 1 aromatic carbocycles. The molecule has 6 heteroatoms. The topological polar surface area (TPSA) is 65.8 Å². The molecule has 164 valence electrons. The maximum Gasteiger partial charge on any atom is 0.290 e. The van der Waals surface area contributed by atoms with Crippen LogP contribution in [0.5, 0.6) is 0 Å². The van der Waals surface area contributed by atoms with Crippen molar-refractivity contribution in [3.63, 3.8) is 0 Å². The van der Waals surface area contributed by atoms with Crippen molar-refractivity contribution in [3.8, 4) is 0 Å². The number of amides is 2. The molecule has 1 aromatic heterocycles. The molecule has 30 heavy (non-hydrogen) atoms. The number of nitrogens with zero attached hydrogens (tertiary/aromatic N) is 2. The summed E-state index contributed by atoms with van der Waals surface area (Å²) in [4.78, 5) is 29.3. The molecule has 2 amide bonds. The second kappa shape index (κ2) is 9.83. The van der Waals surface area contributed by atoms with Crippen LogP contribution in [0.4, 0.5) is 11.4 Å². The highest BCUT2D eigenvalue weighted by Crippen LogP contribution is 2.27. The summed E-state index contributed by atoms with van der Waals surface area (Å²) < 4.78 is 5.35. The Bertz CT molecular complexity index is 851. The second-order valence-corrected chi connectivity index (χ2v) is 9.19. The molecule has 0 saturated carbocycles. The molecule has 0 aliphatic rings. The number of furan rings is 1. The molecule has 0 spiro atoms. The Morgan fingerprint density at radius 2 is 1.87 bits per heavy atom. The first kappa shape index (κ1) is 23.5. The van der Waals surface area contributed by atoms with Gasteiger partial charge >= 0.3 is 0 Å². The fourth-order valence-corrected chi connectivity index (χ4v) is 3.29. The van der Waals surface area contributed by atoms with Crippen LogP contribution in [0.3, 0.4) is 0 Å². The Morgan fingerprint density at radius 1 is 1.17 bits per heavy atom. The zero-order valence-corrected chi connectivity index (χ0v) is 19.3. The predicted octanol–water partition coefficient (Wildman–Crippen LogP) is 5.16. The van der Waals surface area contributed by atoms with Gasteiger partial charge in [-0.25, -0.2) is 0 Å². The molecule has 0 aliphatic heterocycles. The summed E-state index contributed by atoms with van der Waals surface area (Å²) in [7, 11) is 3.94. The van der Waals surface area contributed by atoms with Crippen molar-refractivity contribution in [2.45, 2.75) is 60.0 Å². The van der Waals surface area contributed by atoms with Crippen LogP contribution < -0.4 is 10.2 Å². The highest BCUT2D eigenvalue weighted by molar-refractivity contribution is 5.92. The van der Waals surface area contributed by atoms with E-state index in [1.807, 2.05) is 69.8 Å². The largest absolute Gasteiger partial charge is 0.459 e. The molecule has 6 nitrogen and oxygen atoms in total. The molecule has 1 atom stereocenters. The molecule has 1 heterocycles. The van der Waals surface area contributed by atoms with E-state index in [1.165, 1.54) is 6.26 Å². The van der Waals surface area contributed by atoms with Crippen molar-refractivity contribution in [2.24, 2.45) is 5.41 Å². The van der Waals surface area contributed by atoms with Gasteiger partial charge < -0.3 is 19.5 Å². The molecular formula is C24H35N3O3. The van der Waals surface area contributed by atoms with E-state index in [4.69, 9.17) is 4.42 Å². The lowest BCUT2D eigenvalue weighted by Gasteiger charge is -2.30. The van der Waals surface area contributed by atoms with Gasteiger partial charge in [0.05, 0.1) is 6.26 Å². The lowest BCUT2D eigenvalue weighted by atomic mass is 9.92. The van der Waals surface area contributed by atoms with Crippen molar-refractivity contribution in [2.75, 3.05) is 24.3 Å². The van der Waals surface area contributed by atoms with Crippen molar-refractivity contribution in [3.05, 3.63) is 47.9 Å². The summed E-state index contributed by atoms with van der Waals surface area (Å²) in [5, 5.41) is 3.00.